The summed E-state index contributed by atoms with van der Waals surface area (Å²) in [6, 6.07) is 10.2. The summed E-state index contributed by atoms with van der Waals surface area (Å²) < 4.78 is 5.15. The standard InChI is InChI=1S/C13H18N2O/c1-16-13-7-5-6-12(10-13)11-15-9-4-2-3-8-14/h5-7,10,15H,2-4,9,11H2,1H3. The molecule has 0 heterocycles. The number of rotatable bonds is 7. The number of benzene rings is 1. The second-order valence-corrected chi connectivity index (χ2v) is 3.64. The SMILES string of the molecule is COc1cccc(CNCCCCC#N)c1. The molecule has 0 saturated heterocycles. The second-order valence-electron chi connectivity index (χ2n) is 3.64. The van der Waals surface area contributed by atoms with Crippen molar-refractivity contribution in [3.8, 4) is 11.8 Å². The van der Waals surface area contributed by atoms with Crippen molar-refractivity contribution in [3.63, 3.8) is 0 Å². The first-order chi connectivity index (χ1) is 7.86. The predicted octanol–water partition coefficient (Wildman–Crippen LogP) is 2.48. The molecule has 0 aliphatic carbocycles. The molecule has 0 spiro atoms. The first kappa shape index (κ1) is 12.5. The Morgan fingerprint density at radius 1 is 1.38 bits per heavy atom. The zero-order chi connectivity index (χ0) is 11.6. The van der Waals surface area contributed by atoms with Crippen molar-refractivity contribution >= 4 is 0 Å². The average Bonchev–Trinajstić information content (AvgIpc) is 2.34. The lowest BCUT2D eigenvalue weighted by atomic mass is 10.2. The summed E-state index contributed by atoms with van der Waals surface area (Å²) in [4.78, 5) is 0. The van der Waals surface area contributed by atoms with Crippen LogP contribution in [0, 0.1) is 11.3 Å². The third-order valence-corrected chi connectivity index (χ3v) is 2.36. The maximum Gasteiger partial charge on any atom is 0.119 e. The van der Waals surface area contributed by atoms with E-state index >= 15 is 0 Å². The van der Waals surface area contributed by atoms with E-state index < -0.39 is 0 Å². The van der Waals surface area contributed by atoms with Crippen LogP contribution in [0.2, 0.25) is 0 Å². The molecule has 1 rings (SSSR count). The highest BCUT2D eigenvalue weighted by atomic mass is 16.5. The van der Waals surface area contributed by atoms with Gasteiger partial charge in [-0.1, -0.05) is 12.1 Å². The summed E-state index contributed by atoms with van der Waals surface area (Å²) in [7, 11) is 1.68. The topological polar surface area (TPSA) is 45.0 Å². The molecule has 0 unspecified atom stereocenters. The third-order valence-electron chi connectivity index (χ3n) is 2.36. The Hall–Kier alpha value is -1.53. The number of nitriles is 1. The van der Waals surface area contributed by atoms with Crippen LogP contribution in [-0.4, -0.2) is 13.7 Å². The average molecular weight is 218 g/mol. The highest BCUT2D eigenvalue weighted by Gasteiger charge is 1.95. The monoisotopic (exact) mass is 218 g/mol. The molecular weight excluding hydrogens is 200 g/mol. The Balaban J connectivity index is 2.19. The Morgan fingerprint density at radius 3 is 3.00 bits per heavy atom. The van der Waals surface area contributed by atoms with Crippen LogP contribution in [0.15, 0.2) is 24.3 Å². The molecular formula is C13H18N2O. The lowest BCUT2D eigenvalue weighted by Crippen LogP contribution is -2.14. The molecule has 1 aromatic carbocycles. The fourth-order valence-electron chi connectivity index (χ4n) is 1.47. The predicted molar refractivity (Wildman–Crippen MR) is 64.2 cm³/mol. The largest absolute Gasteiger partial charge is 0.497 e. The summed E-state index contributed by atoms with van der Waals surface area (Å²) >= 11 is 0. The van der Waals surface area contributed by atoms with Crippen molar-refractivity contribution in [3.05, 3.63) is 29.8 Å². The van der Waals surface area contributed by atoms with Crippen LogP contribution >= 0.6 is 0 Å². The second kappa shape index (κ2) is 7.72. The number of hydrogen-bond donors (Lipinski definition) is 1. The van der Waals surface area contributed by atoms with Gasteiger partial charge in [0.25, 0.3) is 0 Å². The Morgan fingerprint density at radius 2 is 2.25 bits per heavy atom. The first-order valence-electron chi connectivity index (χ1n) is 5.57. The quantitative estimate of drug-likeness (QED) is 0.715. The van der Waals surface area contributed by atoms with Crippen LogP contribution in [0.4, 0.5) is 0 Å². The third kappa shape index (κ3) is 4.81. The van der Waals surface area contributed by atoms with Crippen LogP contribution in [0.25, 0.3) is 0 Å². The van der Waals surface area contributed by atoms with Gasteiger partial charge in [-0.3, -0.25) is 0 Å². The van der Waals surface area contributed by atoms with E-state index in [1.54, 1.807) is 7.11 Å². The zero-order valence-corrected chi connectivity index (χ0v) is 9.70. The molecule has 0 saturated carbocycles. The van der Waals surface area contributed by atoms with E-state index in [4.69, 9.17) is 10.00 Å². The van der Waals surface area contributed by atoms with Crippen molar-refractivity contribution in [1.82, 2.24) is 5.32 Å². The summed E-state index contributed by atoms with van der Waals surface area (Å²) in [6.07, 6.45) is 2.68. The summed E-state index contributed by atoms with van der Waals surface area (Å²) in [5.74, 6) is 0.892. The minimum absolute atomic E-state index is 0.654. The highest BCUT2D eigenvalue weighted by Crippen LogP contribution is 2.12. The number of hydrogen-bond acceptors (Lipinski definition) is 3. The Kier molecular flexibility index (Phi) is 6.05. The fourth-order valence-corrected chi connectivity index (χ4v) is 1.47. The smallest absolute Gasteiger partial charge is 0.119 e. The number of unbranched alkanes of at least 4 members (excludes halogenated alkanes) is 2. The number of nitrogens with one attached hydrogen (secondary N) is 1. The van der Waals surface area contributed by atoms with Gasteiger partial charge in [-0.05, 0) is 37.1 Å². The number of ether oxygens (including phenoxy) is 1. The Bertz CT molecular complexity index is 344. The van der Waals surface area contributed by atoms with Gasteiger partial charge in [0.2, 0.25) is 0 Å². The molecule has 0 aliphatic rings. The minimum Gasteiger partial charge on any atom is -0.497 e. The molecule has 0 bridgehead atoms. The van der Waals surface area contributed by atoms with Gasteiger partial charge in [0.15, 0.2) is 0 Å². The molecule has 86 valence electrons. The molecule has 0 radical (unpaired) electrons. The first-order valence-corrected chi connectivity index (χ1v) is 5.57. The van der Waals surface area contributed by atoms with E-state index in [0.717, 1.165) is 31.7 Å². The van der Waals surface area contributed by atoms with Crippen LogP contribution in [0.5, 0.6) is 5.75 Å². The van der Waals surface area contributed by atoms with Crippen LogP contribution < -0.4 is 10.1 Å². The van der Waals surface area contributed by atoms with Crippen molar-refractivity contribution < 1.29 is 4.74 Å². The zero-order valence-electron chi connectivity index (χ0n) is 9.70. The molecule has 1 N–H and O–H groups in total. The van der Waals surface area contributed by atoms with Crippen LogP contribution in [0.1, 0.15) is 24.8 Å². The maximum absolute atomic E-state index is 8.37. The van der Waals surface area contributed by atoms with Crippen LogP contribution in [-0.2, 0) is 6.54 Å². The molecule has 0 aliphatic heterocycles. The maximum atomic E-state index is 8.37. The normalized spacial score (nSPS) is 9.75. The van der Waals surface area contributed by atoms with E-state index in [2.05, 4.69) is 17.5 Å². The lowest BCUT2D eigenvalue weighted by molar-refractivity contribution is 0.414. The lowest BCUT2D eigenvalue weighted by Gasteiger charge is -2.06. The van der Waals surface area contributed by atoms with Crippen molar-refractivity contribution in [2.24, 2.45) is 0 Å². The van der Waals surface area contributed by atoms with Gasteiger partial charge in [-0.25, -0.2) is 0 Å². The molecule has 3 nitrogen and oxygen atoms in total. The van der Waals surface area contributed by atoms with Crippen molar-refractivity contribution in [2.75, 3.05) is 13.7 Å². The van der Waals surface area contributed by atoms with Gasteiger partial charge in [0, 0.05) is 13.0 Å². The summed E-state index contributed by atoms with van der Waals surface area (Å²) in [5, 5.41) is 11.7. The van der Waals surface area contributed by atoms with E-state index in [0.29, 0.717) is 6.42 Å². The fraction of sp³-hybridized carbons (Fsp3) is 0.462. The van der Waals surface area contributed by atoms with E-state index in [-0.39, 0.29) is 0 Å². The van der Waals surface area contributed by atoms with Crippen molar-refractivity contribution in [2.45, 2.75) is 25.8 Å². The van der Waals surface area contributed by atoms with Gasteiger partial charge in [0.05, 0.1) is 13.2 Å². The molecule has 16 heavy (non-hydrogen) atoms. The molecule has 0 aromatic heterocycles. The van der Waals surface area contributed by atoms with E-state index in [1.165, 1.54) is 5.56 Å². The van der Waals surface area contributed by atoms with E-state index in [1.807, 2.05) is 18.2 Å². The van der Waals surface area contributed by atoms with Gasteiger partial charge in [-0.2, -0.15) is 5.26 Å². The molecule has 0 amide bonds. The van der Waals surface area contributed by atoms with Crippen LogP contribution in [0.3, 0.4) is 0 Å². The van der Waals surface area contributed by atoms with Gasteiger partial charge < -0.3 is 10.1 Å². The van der Waals surface area contributed by atoms with Gasteiger partial charge in [0.1, 0.15) is 5.75 Å². The molecule has 1 aromatic rings. The molecule has 0 fully saturated rings. The van der Waals surface area contributed by atoms with Gasteiger partial charge in [-0.15, -0.1) is 0 Å². The highest BCUT2D eigenvalue weighted by molar-refractivity contribution is 5.28. The number of methoxy groups -OCH3 is 1. The number of nitrogens with zero attached hydrogens (tertiary/aromatic N) is 1. The summed E-state index contributed by atoms with van der Waals surface area (Å²) in [5.41, 5.74) is 1.22. The Labute approximate surface area is 97.0 Å². The molecule has 3 heteroatoms. The van der Waals surface area contributed by atoms with E-state index in [9.17, 15) is 0 Å². The van der Waals surface area contributed by atoms with Crippen molar-refractivity contribution in [1.29, 1.82) is 5.26 Å². The minimum atomic E-state index is 0.654. The molecule has 0 atom stereocenters. The summed E-state index contributed by atoms with van der Waals surface area (Å²) in [6.45, 7) is 1.81. The van der Waals surface area contributed by atoms with Gasteiger partial charge >= 0.3 is 0 Å².